The molecule has 0 aromatic heterocycles. The van der Waals surface area contributed by atoms with Crippen molar-refractivity contribution in [2.45, 2.75) is 45.8 Å². The van der Waals surface area contributed by atoms with Crippen molar-refractivity contribution in [3.63, 3.8) is 0 Å². The maximum atomic E-state index is 11.6. The summed E-state index contributed by atoms with van der Waals surface area (Å²) in [5.41, 5.74) is 1.79. The smallest absolute Gasteiger partial charge is 0.220 e. The van der Waals surface area contributed by atoms with Gasteiger partial charge in [0, 0.05) is 18.0 Å². The van der Waals surface area contributed by atoms with Crippen molar-refractivity contribution in [3.05, 3.63) is 29.3 Å². The number of methoxy groups -OCH3 is 1. The third kappa shape index (κ3) is 4.91. The lowest BCUT2D eigenvalue weighted by atomic mass is 10.0. The van der Waals surface area contributed by atoms with Crippen LogP contribution in [0.25, 0.3) is 0 Å². The second kappa shape index (κ2) is 7.14. The summed E-state index contributed by atoms with van der Waals surface area (Å²) in [4.78, 5) is 11.6. The number of aliphatic hydroxyl groups excluding tert-OH is 1. The number of benzene rings is 1. The molecule has 0 aliphatic heterocycles. The number of rotatable bonds is 6. The van der Waals surface area contributed by atoms with Gasteiger partial charge in [0.2, 0.25) is 5.91 Å². The third-order valence-electron chi connectivity index (χ3n) is 2.84. The molecular weight excluding hydrogens is 242 g/mol. The largest absolute Gasteiger partial charge is 0.496 e. The van der Waals surface area contributed by atoms with Gasteiger partial charge in [-0.15, -0.1) is 0 Å². The average Bonchev–Trinajstić information content (AvgIpc) is 2.35. The van der Waals surface area contributed by atoms with Gasteiger partial charge in [0.05, 0.1) is 13.2 Å². The van der Waals surface area contributed by atoms with Gasteiger partial charge in [-0.3, -0.25) is 4.79 Å². The van der Waals surface area contributed by atoms with Crippen LogP contribution in [0, 0.1) is 6.92 Å². The van der Waals surface area contributed by atoms with E-state index in [1.54, 1.807) is 7.11 Å². The van der Waals surface area contributed by atoms with E-state index in [1.165, 1.54) is 0 Å². The van der Waals surface area contributed by atoms with Crippen molar-refractivity contribution in [3.8, 4) is 5.75 Å². The topological polar surface area (TPSA) is 58.6 Å². The number of carbonyl (C=O) groups is 1. The monoisotopic (exact) mass is 265 g/mol. The van der Waals surface area contributed by atoms with E-state index >= 15 is 0 Å². The Labute approximate surface area is 114 Å². The predicted octanol–water partition coefficient (Wildman–Crippen LogP) is 2.34. The van der Waals surface area contributed by atoms with Crippen molar-refractivity contribution < 1.29 is 14.6 Å². The molecule has 0 aliphatic rings. The summed E-state index contributed by atoms with van der Waals surface area (Å²) in [6, 6.07) is 5.78. The molecule has 0 saturated carbocycles. The van der Waals surface area contributed by atoms with E-state index < -0.39 is 6.10 Å². The van der Waals surface area contributed by atoms with Crippen LogP contribution in [-0.4, -0.2) is 24.2 Å². The first-order chi connectivity index (χ1) is 8.93. The first kappa shape index (κ1) is 15.5. The highest BCUT2D eigenvalue weighted by molar-refractivity contribution is 5.76. The fraction of sp³-hybridized carbons (Fsp3) is 0.533. The fourth-order valence-electron chi connectivity index (χ4n) is 1.93. The summed E-state index contributed by atoms with van der Waals surface area (Å²) < 4.78 is 5.23. The quantitative estimate of drug-likeness (QED) is 0.830. The molecule has 0 radical (unpaired) electrons. The van der Waals surface area contributed by atoms with Crippen LogP contribution < -0.4 is 10.1 Å². The molecule has 2 N–H and O–H groups in total. The molecule has 1 rings (SSSR count). The number of amides is 1. The van der Waals surface area contributed by atoms with E-state index in [9.17, 15) is 9.90 Å². The predicted molar refractivity (Wildman–Crippen MR) is 75.2 cm³/mol. The first-order valence-corrected chi connectivity index (χ1v) is 6.56. The molecule has 0 aliphatic carbocycles. The highest BCUT2D eigenvalue weighted by Gasteiger charge is 2.15. The minimum atomic E-state index is -0.687. The van der Waals surface area contributed by atoms with E-state index in [1.807, 2.05) is 39.0 Å². The Hall–Kier alpha value is -1.55. The summed E-state index contributed by atoms with van der Waals surface area (Å²) in [5, 5.41) is 13.0. The summed E-state index contributed by atoms with van der Waals surface area (Å²) in [6.07, 6.45) is 0.00204. The van der Waals surface area contributed by atoms with E-state index in [4.69, 9.17) is 4.74 Å². The molecule has 0 heterocycles. The molecule has 1 unspecified atom stereocenters. The van der Waals surface area contributed by atoms with Crippen LogP contribution >= 0.6 is 0 Å². The normalized spacial score (nSPS) is 12.3. The Morgan fingerprint density at radius 2 is 2.11 bits per heavy atom. The maximum absolute atomic E-state index is 11.6. The average molecular weight is 265 g/mol. The van der Waals surface area contributed by atoms with E-state index in [2.05, 4.69) is 5.32 Å². The van der Waals surface area contributed by atoms with E-state index in [0.717, 1.165) is 11.1 Å². The molecule has 1 aromatic carbocycles. The lowest BCUT2D eigenvalue weighted by molar-refractivity contribution is -0.122. The molecule has 4 heteroatoms. The van der Waals surface area contributed by atoms with Crippen LogP contribution in [0.5, 0.6) is 5.75 Å². The molecule has 19 heavy (non-hydrogen) atoms. The Morgan fingerprint density at radius 3 is 2.68 bits per heavy atom. The Kier molecular flexibility index (Phi) is 5.83. The van der Waals surface area contributed by atoms with Crippen LogP contribution in [0.3, 0.4) is 0 Å². The number of nitrogens with one attached hydrogen (secondary N) is 1. The molecule has 1 aromatic rings. The second-order valence-electron chi connectivity index (χ2n) is 5.02. The minimum absolute atomic E-state index is 0.0410. The van der Waals surface area contributed by atoms with Crippen LogP contribution in [0.4, 0.5) is 0 Å². The summed E-state index contributed by atoms with van der Waals surface area (Å²) in [5.74, 6) is 0.614. The fourth-order valence-corrected chi connectivity index (χ4v) is 1.93. The molecule has 4 nitrogen and oxygen atoms in total. The highest BCUT2D eigenvalue weighted by atomic mass is 16.5. The van der Waals surface area contributed by atoms with Gasteiger partial charge < -0.3 is 15.2 Å². The number of hydrogen-bond donors (Lipinski definition) is 2. The summed E-state index contributed by atoms with van der Waals surface area (Å²) in [7, 11) is 1.58. The minimum Gasteiger partial charge on any atom is -0.496 e. The molecular formula is C15H23NO3. The van der Waals surface area contributed by atoms with Crippen molar-refractivity contribution in [2.24, 2.45) is 0 Å². The molecule has 1 amide bonds. The number of carbonyl (C=O) groups excluding carboxylic acids is 1. The number of aliphatic hydroxyl groups is 1. The Balaban J connectivity index is 2.65. The van der Waals surface area contributed by atoms with E-state index in [0.29, 0.717) is 18.6 Å². The van der Waals surface area contributed by atoms with Gasteiger partial charge in [0.25, 0.3) is 0 Å². The molecule has 0 bridgehead atoms. The van der Waals surface area contributed by atoms with Gasteiger partial charge in [-0.1, -0.05) is 11.6 Å². The van der Waals surface area contributed by atoms with E-state index in [-0.39, 0.29) is 11.9 Å². The van der Waals surface area contributed by atoms with Crippen LogP contribution in [0.1, 0.15) is 43.9 Å². The summed E-state index contributed by atoms with van der Waals surface area (Å²) in [6.45, 7) is 5.79. The first-order valence-electron chi connectivity index (χ1n) is 6.56. The van der Waals surface area contributed by atoms with Crippen LogP contribution in [0.2, 0.25) is 0 Å². The summed E-state index contributed by atoms with van der Waals surface area (Å²) >= 11 is 0. The van der Waals surface area contributed by atoms with Gasteiger partial charge in [-0.25, -0.2) is 0 Å². The van der Waals surface area contributed by atoms with Crippen molar-refractivity contribution in [1.82, 2.24) is 5.32 Å². The van der Waals surface area contributed by atoms with Crippen molar-refractivity contribution in [2.75, 3.05) is 7.11 Å². The highest BCUT2D eigenvalue weighted by Crippen LogP contribution is 2.28. The van der Waals surface area contributed by atoms with Crippen molar-refractivity contribution >= 4 is 5.91 Å². The third-order valence-corrected chi connectivity index (χ3v) is 2.84. The van der Waals surface area contributed by atoms with Crippen LogP contribution in [0.15, 0.2) is 18.2 Å². The molecule has 0 saturated heterocycles. The number of aryl methyl sites for hydroxylation is 1. The lowest BCUT2D eigenvalue weighted by Crippen LogP contribution is -2.30. The van der Waals surface area contributed by atoms with Crippen LogP contribution in [-0.2, 0) is 4.79 Å². The second-order valence-corrected chi connectivity index (χ2v) is 5.02. The zero-order chi connectivity index (χ0) is 14.4. The molecule has 1 atom stereocenters. The molecule has 106 valence electrons. The SMILES string of the molecule is COc1ccc(C)cc1C(O)CCC(=O)NC(C)C. The van der Waals surface area contributed by atoms with Gasteiger partial charge in [-0.05, 0) is 39.3 Å². The van der Waals surface area contributed by atoms with Crippen molar-refractivity contribution in [1.29, 1.82) is 0 Å². The molecule has 0 fully saturated rings. The zero-order valence-corrected chi connectivity index (χ0v) is 12.1. The Bertz CT molecular complexity index is 429. The molecule has 0 spiro atoms. The lowest BCUT2D eigenvalue weighted by Gasteiger charge is -2.16. The standard InChI is InChI=1S/C15H23NO3/c1-10(2)16-15(18)8-6-13(17)12-9-11(3)5-7-14(12)19-4/h5,7,9-10,13,17H,6,8H2,1-4H3,(H,16,18). The number of hydrogen-bond acceptors (Lipinski definition) is 3. The van der Waals surface area contributed by atoms with Gasteiger partial charge in [0.1, 0.15) is 5.75 Å². The van der Waals surface area contributed by atoms with Gasteiger partial charge in [-0.2, -0.15) is 0 Å². The maximum Gasteiger partial charge on any atom is 0.220 e. The van der Waals surface area contributed by atoms with Gasteiger partial charge in [0.15, 0.2) is 0 Å². The Morgan fingerprint density at radius 1 is 1.42 bits per heavy atom. The zero-order valence-electron chi connectivity index (χ0n) is 12.1. The number of ether oxygens (including phenoxy) is 1. The van der Waals surface area contributed by atoms with Gasteiger partial charge >= 0.3 is 0 Å².